The molecule has 0 heterocycles. The maximum Gasteiger partial charge on any atom is 0.314 e. The van der Waals surface area contributed by atoms with E-state index in [0.29, 0.717) is 0 Å². The Balaban J connectivity index is 4.87. The topological polar surface area (TPSA) is 36.9 Å². The van der Waals surface area contributed by atoms with Crippen molar-refractivity contribution >= 4 is 42.3 Å². The van der Waals surface area contributed by atoms with Gasteiger partial charge in [-0.1, -0.05) is 19.8 Å². The van der Waals surface area contributed by atoms with E-state index in [1.165, 1.54) is 0 Å². The van der Waals surface area contributed by atoms with Crippen molar-refractivity contribution in [3.8, 4) is 0 Å². The Morgan fingerprint density at radius 1 is 0.583 bits per heavy atom. The second-order valence-electron chi connectivity index (χ2n) is 9.44. The van der Waals surface area contributed by atoms with Crippen LogP contribution in [0, 0.1) is 6.92 Å². The molecular weight excluding hydrogens is 385 g/mol. The minimum Gasteiger partial charge on any atom is -0.437 e. The van der Waals surface area contributed by atoms with Gasteiger partial charge in [-0.05, 0) is 78.1 Å². The Morgan fingerprint density at radius 2 is 0.958 bits per heavy atom. The van der Waals surface area contributed by atoms with E-state index in [4.69, 9.17) is 16.5 Å². The molecule has 0 aromatic rings. The lowest BCUT2D eigenvalue weighted by Gasteiger charge is -2.42. The minimum absolute atomic E-state index is 0.972. The van der Waals surface area contributed by atoms with Crippen molar-refractivity contribution in [1.82, 2.24) is 0 Å². The fourth-order valence-electron chi connectivity index (χ4n) is 3.25. The van der Waals surface area contributed by atoms with Crippen LogP contribution >= 0.6 is 0 Å². The van der Waals surface area contributed by atoms with E-state index in [0.717, 1.165) is 18.9 Å². The van der Waals surface area contributed by atoms with Crippen molar-refractivity contribution in [3.63, 3.8) is 0 Å². The van der Waals surface area contributed by atoms with Crippen LogP contribution in [0.15, 0.2) is 0 Å². The molecule has 0 spiro atoms. The summed E-state index contributed by atoms with van der Waals surface area (Å²) in [5.41, 5.74) is 0. The summed E-state index contributed by atoms with van der Waals surface area (Å²) in [5.74, 6) is 0. The minimum atomic E-state index is -2.30. The van der Waals surface area contributed by atoms with Crippen LogP contribution in [-0.4, -0.2) is 42.3 Å². The van der Waals surface area contributed by atoms with Gasteiger partial charge in [-0.15, -0.1) is 0 Å². The third kappa shape index (κ3) is 12.3. The summed E-state index contributed by atoms with van der Waals surface area (Å²) in [5, 5.41) is 0. The largest absolute Gasteiger partial charge is 0.437 e. The van der Waals surface area contributed by atoms with Crippen molar-refractivity contribution < 1.29 is 16.5 Å². The second kappa shape index (κ2) is 8.74. The highest BCUT2D eigenvalue weighted by Gasteiger charge is 2.44. The fourth-order valence-corrected chi connectivity index (χ4v) is 27.1. The van der Waals surface area contributed by atoms with Gasteiger partial charge in [-0.3, -0.25) is 0 Å². The van der Waals surface area contributed by atoms with Crippen molar-refractivity contribution in [1.29, 1.82) is 0 Å². The first-order chi connectivity index (χ1) is 10.4. The van der Waals surface area contributed by atoms with Gasteiger partial charge in [0.1, 0.15) is 0 Å². The molecule has 0 aliphatic rings. The van der Waals surface area contributed by atoms with Crippen LogP contribution in [0.4, 0.5) is 0 Å². The molecule has 0 saturated carbocycles. The van der Waals surface area contributed by atoms with E-state index in [2.05, 4.69) is 78.9 Å². The first-order valence-electron chi connectivity index (χ1n) is 8.99. The van der Waals surface area contributed by atoms with E-state index < -0.39 is 42.3 Å². The van der Waals surface area contributed by atoms with Crippen molar-refractivity contribution in [3.05, 3.63) is 6.92 Å². The molecule has 0 N–H and O–H groups in total. The number of unbranched alkanes of at least 4 members (excludes halogenated alkanes) is 1. The Labute approximate surface area is 156 Å². The van der Waals surface area contributed by atoms with Gasteiger partial charge < -0.3 is 16.5 Å². The number of hydrogen-bond donors (Lipinski definition) is 0. The molecule has 0 atom stereocenters. The van der Waals surface area contributed by atoms with Crippen LogP contribution in [0.5, 0.6) is 0 Å². The predicted octanol–water partition coefficient (Wildman–Crippen LogP) is 5.81. The highest BCUT2D eigenvalue weighted by Crippen LogP contribution is 2.27. The monoisotopic (exact) mass is 425 g/mol. The molecule has 0 bridgehead atoms. The molecule has 145 valence electrons. The summed E-state index contributed by atoms with van der Waals surface area (Å²) in [7, 11) is -10.0. The predicted molar refractivity (Wildman–Crippen MR) is 117 cm³/mol. The van der Waals surface area contributed by atoms with Gasteiger partial charge >= 0.3 is 25.7 Å². The highest BCUT2D eigenvalue weighted by molar-refractivity contribution is 6.90. The number of rotatable bonds is 11. The summed E-state index contributed by atoms with van der Waals surface area (Å²) < 4.78 is 25.8. The van der Waals surface area contributed by atoms with Gasteiger partial charge in [0.05, 0.1) is 0 Å². The molecule has 0 rings (SSSR count). The molecule has 0 saturated heterocycles. The van der Waals surface area contributed by atoms with Crippen molar-refractivity contribution in [2.75, 3.05) is 0 Å². The first-order valence-corrected chi connectivity index (χ1v) is 24.0. The molecule has 0 aromatic heterocycles. The summed E-state index contributed by atoms with van der Waals surface area (Å²) in [6.07, 6.45) is 2.10. The van der Waals surface area contributed by atoms with E-state index in [1.54, 1.807) is 0 Å². The fraction of sp³-hybridized carbons (Fsp3) is 0.933. The van der Waals surface area contributed by atoms with Gasteiger partial charge in [0.2, 0.25) is 0 Å². The summed E-state index contributed by atoms with van der Waals surface area (Å²) >= 11 is 0. The molecule has 0 aliphatic carbocycles. The zero-order chi connectivity index (χ0) is 19.4. The van der Waals surface area contributed by atoms with Crippen LogP contribution in [-0.2, 0) is 16.5 Å². The Bertz CT molecular complexity index is 392. The number of hydrogen-bond acceptors (Lipinski definition) is 4. The van der Waals surface area contributed by atoms with Crippen molar-refractivity contribution in [2.45, 2.75) is 90.9 Å². The lowest BCUT2D eigenvalue weighted by atomic mass is 10.4. The maximum absolute atomic E-state index is 6.54. The molecule has 0 fully saturated rings. The summed E-state index contributed by atoms with van der Waals surface area (Å²) in [6.45, 7) is 27.9. The molecule has 0 aromatic carbocycles. The zero-order valence-electron chi connectivity index (χ0n) is 18.0. The summed E-state index contributed by atoms with van der Waals surface area (Å²) in [6, 6.07) is 1.14. The smallest absolute Gasteiger partial charge is 0.314 e. The van der Waals surface area contributed by atoms with Crippen molar-refractivity contribution in [2.24, 2.45) is 0 Å². The lowest BCUT2D eigenvalue weighted by molar-refractivity contribution is 0.299. The molecule has 0 unspecified atom stereocenters. The van der Waals surface area contributed by atoms with Gasteiger partial charge in [-0.2, -0.15) is 0 Å². The average molecular weight is 426 g/mol. The molecule has 4 nitrogen and oxygen atoms in total. The van der Waals surface area contributed by atoms with Gasteiger partial charge in [0, 0.05) is 0 Å². The third-order valence-electron chi connectivity index (χ3n) is 3.09. The normalized spacial score (nSPS) is 15.0. The molecule has 24 heavy (non-hydrogen) atoms. The van der Waals surface area contributed by atoms with Crippen LogP contribution in [0.1, 0.15) is 12.8 Å². The van der Waals surface area contributed by atoms with Gasteiger partial charge in [-0.25, -0.2) is 0 Å². The van der Waals surface area contributed by atoms with E-state index in [-0.39, 0.29) is 0 Å². The Morgan fingerprint density at radius 3 is 1.33 bits per heavy atom. The molecule has 0 amide bonds. The molecular formula is C15H41O4Si5. The van der Waals surface area contributed by atoms with E-state index >= 15 is 0 Å². The standard InChI is InChI=1S/C15H41O4Si5/c1-13-14-15-21(5,6)17-23(9,10)19-24(11,12)18-22(7,8)16-20(2,3)4/h1,13-15H2,2-12H3. The summed E-state index contributed by atoms with van der Waals surface area (Å²) in [4.78, 5) is 0. The average Bonchev–Trinajstić information content (AvgIpc) is 2.16. The van der Waals surface area contributed by atoms with Crippen LogP contribution < -0.4 is 0 Å². The highest BCUT2D eigenvalue weighted by atomic mass is 28.5. The molecule has 0 aliphatic heterocycles. The SMILES string of the molecule is [CH2]CCC[Si](C)(C)O[Si](C)(C)O[Si](C)(C)O[Si](C)(C)O[Si](C)(C)C. The second-order valence-corrected chi connectivity index (χ2v) is 29.3. The van der Waals surface area contributed by atoms with Gasteiger partial charge in [0.15, 0.2) is 16.6 Å². The molecule has 1 radical (unpaired) electrons. The Kier molecular flexibility index (Phi) is 9.08. The van der Waals surface area contributed by atoms with Gasteiger partial charge in [0.25, 0.3) is 0 Å². The zero-order valence-corrected chi connectivity index (χ0v) is 23.0. The quantitative estimate of drug-likeness (QED) is 0.391. The Hall–Kier alpha value is 0.924. The van der Waals surface area contributed by atoms with Crippen LogP contribution in [0.3, 0.4) is 0 Å². The third-order valence-corrected chi connectivity index (χ3v) is 21.1. The first kappa shape index (κ1) is 24.9. The van der Waals surface area contributed by atoms with E-state index in [1.807, 2.05) is 0 Å². The molecule has 9 heteroatoms. The lowest BCUT2D eigenvalue weighted by Crippen LogP contribution is -2.58. The van der Waals surface area contributed by atoms with Crippen LogP contribution in [0.25, 0.3) is 0 Å². The maximum atomic E-state index is 6.54. The van der Waals surface area contributed by atoms with Crippen LogP contribution in [0.2, 0.25) is 78.1 Å². The van der Waals surface area contributed by atoms with E-state index in [9.17, 15) is 0 Å².